The Morgan fingerprint density at radius 3 is 2.75 bits per heavy atom. The number of benzene rings is 1. The number of aryl methyl sites for hydroxylation is 2. The zero-order valence-corrected chi connectivity index (χ0v) is 13.3. The smallest absolute Gasteiger partial charge is 0.242 e. The maximum atomic E-state index is 10.7. The van der Waals surface area contributed by atoms with Crippen LogP contribution in [0.3, 0.4) is 0 Å². The maximum Gasteiger partial charge on any atom is 0.242 e. The largest absolute Gasteiger partial charge is 0.748 e. The molecule has 3 rings (SSSR count). The van der Waals surface area contributed by atoms with E-state index in [1.807, 2.05) is 19.1 Å². The molecule has 2 aromatic heterocycles. The zero-order chi connectivity index (χ0) is 14.3. The Morgan fingerprint density at radius 2 is 2.00 bits per heavy atom. The molecular weight excluding hydrogens is 314 g/mol. The van der Waals surface area contributed by atoms with E-state index >= 15 is 0 Å². The SMILES string of the molecule is Cc1sc2sc3ccccc3c2[n+]1CCCS(=O)(=O)[O-]. The van der Waals surface area contributed by atoms with Crippen molar-refractivity contribution in [1.82, 2.24) is 0 Å². The van der Waals surface area contributed by atoms with Crippen molar-refractivity contribution in [3.05, 3.63) is 29.3 Å². The molecule has 3 aromatic rings. The Hall–Kier alpha value is -1.02. The van der Waals surface area contributed by atoms with Crippen LogP contribution in [0.4, 0.5) is 0 Å². The lowest BCUT2D eigenvalue weighted by Gasteiger charge is -2.04. The Kier molecular flexibility index (Phi) is 3.53. The lowest BCUT2D eigenvalue weighted by Crippen LogP contribution is -2.35. The summed E-state index contributed by atoms with van der Waals surface area (Å²) in [5, 5.41) is 2.34. The summed E-state index contributed by atoms with van der Waals surface area (Å²) in [6, 6.07) is 8.20. The molecule has 0 radical (unpaired) electrons. The van der Waals surface area contributed by atoms with Crippen LogP contribution >= 0.6 is 22.7 Å². The summed E-state index contributed by atoms with van der Waals surface area (Å²) in [7, 11) is -4.13. The average Bonchev–Trinajstić information content (AvgIpc) is 2.84. The third kappa shape index (κ3) is 2.58. The van der Waals surface area contributed by atoms with Gasteiger partial charge in [-0.3, -0.25) is 0 Å². The summed E-state index contributed by atoms with van der Waals surface area (Å²) in [5.41, 5.74) is 1.16. The minimum atomic E-state index is -4.13. The van der Waals surface area contributed by atoms with Crippen molar-refractivity contribution in [3.63, 3.8) is 0 Å². The maximum absolute atomic E-state index is 10.7. The van der Waals surface area contributed by atoms with Gasteiger partial charge in [-0.15, -0.1) is 11.3 Å². The Balaban J connectivity index is 2.03. The number of fused-ring (bicyclic) bond motifs is 3. The predicted molar refractivity (Wildman–Crippen MR) is 81.3 cm³/mol. The molecule has 0 aliphatic heterocycles. The van der Waals surface area contributed by atoms with E-state index in [4.69, 9.17) is 0 Å². The summed E-state index contributed by atoms with van der Waals surface area (Å²) in [6.45, 7) is 2.59. The van der Waals surface area contributed by atoms with Crippen LogP contribution in [-0.4, -0.2) is 18.7 Å². The molecular formula is C13H13NO3S3. The standard InChI is InChI=1S/C13H13NO3S3/c1-9-14(7-4-8-20(15,16)17)12-10-5-2-3-6-11(10)19-13(12)18-9/h2-3,5-6H,4,7-8H2,1H3. The van der Waals surface area contributed by atoms with Crippen molar-refractivity contribution >= 4 is 52.4 Å². The van der Waals surface area contributed by atoms with Gasteiger partial charge in [0.2, 0.25) is 10.5 Å². The van der Waals surface area contributed by atoms with E-state index in [-0.39, 0.29) is 5.75 Å². The summed E-state index contributed by atoms with van der Waals surface area (Å²) in [5.74, 6) is -0.307. The van der Waals surface area contributed by atoms with Gasteiger partial charge in [-0.05, 0) is 12.1 Å². The van der Waals surface area contributed by atoms with E-state index < -0.39 is 10.1 Å². The average molecular weight is 327 g/mol. The number of rotatable bonds is 4. The monoisotopic (exact) mass is 327 g/mol. The Morgan fingerprint density at radius 1 is 1.25 bits per heavy atom. The molecule has 0 aliphatic carbocycles. The van der Waals surface area contributed by atoms with E-state index in [9.17, 15) is 13.0 Å². The third-order valence-electron chi connectivity index (χ3n) is 3.20. The van der Waals surface area contributed by atoms with Crippen molar-refractivity contribution in [2.45, 2.75) is 19.9 Å². The number of hydrogen-bond acceptors (Lipinski definition) is 5. The van der Waals surface area contributed by atoms with Gasteiger partial charge in [-0.2, -0.15) is 4.57 Å². The summed E-state index contributed by atoms with van der Waals surface area (Å²) in [4.78, 5) is 0. The normalized spacial score (nSPS) is 12.5. The lowest BCUT2D eigenvalue weighted by atomic mass is 10.2. The molecule has 0 fully saturated rings. The quantitative estimate of drug-likeness (QED) is 0.547. The van der Waals surface area contributed by atoms with Gasteiger partial charge in [-0.25, -0.2) is 8.42 Å². The fraction of sp³-hybridized carbons (Fsp3) is 0.308. The highest BCUT2D eigenvalue weighted by Crippen LogP contribution is 2.35. The second-order valence-corrected chi connectivity index (χ2v) is 8.66. The van der Waals surface area contributed by atoms with Crippen LogP contribution in [0, 0.1) is 6.92 Å². The molecule has 0 amide bonds. The second-order valence-electron chi connectivity index (χ2n) is 4.62. The number of hydrogen-bond donors (Lipinski definition) is 0. The zero-order valence-electron chi connectivity index (χ0n) is 10.8. The molecule has 0 spiro atoms. The van der Waals surface area contributed by atoms with Gasteiger partial charge < -0.3 is 4.55 Å². The van der Waals surface area contributed by atoms with Crippen molar-refractivity contribution in [2.75, 3.05) is 5.75 Å². The van der Waals surface area contributed by atoms with Crippen LogP contribution < -0.4 is 4.57 Å². The number of aromatic nitrogens is 1. The molecule has 0 saturated heterocycles. The minimum absolute atomic E-state index is 0.307. The van der Waals surface area contributed by atoms with E-state index in [1.165, 1.54) is 14.1 Å². The Bertz CT molecular complexity index is 877. The molecule has 0 atom stereocenters. The van der Waals surface area contributed by atoms with Gasteiger partial charge >= 0.3 is 0 Å². The molecule has 0 N–H and O–H groups in total. The van der Waals surface area contributed by atoms with Crippen molar-refractivity contribution < 1.29 is 17.5 Å². The summed E-state index contributed by atoms with van der Waals surface area (Å²) in [6.07, 6.45) is 0.355. The molecule has 106 valence electrons. The van der Waals surface area contributed by atoms with E-state index in [0.717, 1.165) is 10.5 Å². The third-order valence-corrected chi connectivity index (χ3v) is 6.34. The van der Waals surface area contributed by atoms with Crippen molar-refractivity contribution in [1.29, 1.82) is 0 Å². The summed E-state index contributed by atoms with van der Waals surface area (Å²) < 4.78 is 36.7. The fourth-order valence-corrected chi connectivity index (χ4v) is 5.45. The highest BCUT2D eigenvalue weighted by Gasteiger charge is 2.22. The molecule has 0 saturated carbocycles. The van der Waals surface area contributed by atoms with Gasteiger partial charge in [0.25, 0.3) is 0 Å². The van der Waals surface area contributed by atoms with Crippen LogP contribution in [-0.2, 0) is 16.7 Å². The minimum Gasteiger partial charge on any atom is -0.748 e. The molecule has 0 unspecified atom stereocenters. The van der Waals surface area contributed by atoms with E-state index in [0.29, 0.717) is 13.0 Å². The topological polar surface area (TPSA) is 61.1 Å². The first-order valence-corrected chi connectivity index (χ1v) is 9.41. The highest BCUT2D eigenvalue weighted by molar-refractivity contribution is 7.85. The number of thiazole rings is 1. The van der Waals surface area contributed by atoms with E-state index in [2.05, 4.69) is 16.7 Å². The van der Waals surface area contributed by atoms with Gasteiger partial charge in [0.05, 0.1) is 15.5 Å². The molecule has 0 bridgehead atoms. The first kappa shape index (κ1) is 13.9. The van der Waals surface area contributed by atoms with E-state index in [1.54, 1.807) is 22.7 Å². The molecule has 20 heavy (non-hydrogen) atoms. The number of thiophene rings is 1. The highest BCUT2D eigenvalue weighted by atomic mass is 32.2. The van der Waals surface area contributed by atoms with Crippen LogP contribution in [0.25, 0.3) is 19.6 Å². The Labute approximate surface area is 125 Å². The van der Waals surface area contributed by atoms with Gasteiger partial charge in [0.15, 0.2) is 10.6 Å². The molecule has 2 heterocycles. The molecule has 7 heteroatoms. The lowest BCUT2D eigenvalue weighted by molar-refractivity contribution is -0.672. The van der Waals surface area contributed by atoms with Crippen molar-refractivity contribution in [2.24, 2.45) is 0 Å². The molecule has 0 aliphatic rings. The van der Waals surface area contributed by atoms with Crippen LogP contribution in [0.1, 0.15) is 11.4 Å². The first-order valence-electron chi connectivity index (χ1n) is 6.20. The fourth-order valence-electron chi connectivity index (χ4n) is 2.35. The predicted octanol–water partition coefficient (Wildman–Crippen LogP) is 2.65. The van der Waals surface area contributed by atoms with Crippen LogP contribution in [0.2, 0.25) is 0 Å². The molecule has 1 aromatic carbocycles. The van der Waals surface area contributed by atoms with Gasteiger partial charge in [0.1, 0.15) is 0 Å². The summed E-state index contributed by atoms with van der Waals surface area (Å²) >= 11 is 3.47. The van der Waals surface area contributed by atoms with Crippen LogP contribution in [0.5, 0.6) is 0 Å². The van der Waals surface area contributed by atoms with Gasteiger partial charge in [0, 0.05) is 23.8 Å². The van der Waals surface area contributed by atoms with Gasteiger partial charge in [-0.1, -0.05) is 23.5 Å². The second kappa shape index (κ2) is 5.07. The number of nitrogens with zero attached hydrogens (tertiary/aromatic N) is 1. The van der Waals surface area contributed by atoms with Crippen LogP contribution in [0.15, 0.2) is 24.3 Å². The molecule has 4 nitrogen and oxygen atoms in total. The first-order chi connectivity index (χ1) is 9.46. The van der Waals surface area contributed by atoms with Crippen molar-refractivity contribution in [3.8, 4) is 0 Å².